The minimum absolute atomic E-state index is 0.0121. The molecule has 4 aromatic carbocycles. The molecule has 1 N–H and O–H groups in total. The molecule has 4 aliphatic rings. The Morgan fingerprint density at radius 3 is 1.96 bits per heavy atom. The Balaban J connectivity index is 0.880. The van der Waals surface area contributed by atoms with Crippen LogP contribution in [0.25, 0.3) is 11.1 Å². The van der Waals surface area contributed by atoms with E-state index in [2.05, 4.69) is 61.5 Å². The normalized spacial score (nSPS) is 18.0. The summed E-state index contributed by atoms with van der Waals surface area (Å²) < 4.78 is 29.1. The van der Waals surface area contributed by atoms with Crippen LogP contribution in [0.5, 0.6) is 28.7 Å². The number of methoxy groups -OCH3 is 3. The molecule has 2 atom stereocenters. The zero-order valence-electron chi connectivity index (χ0n) is 33.4. The Bertz CT molecular complexity index is 2270. The molecule has 4 aliphatic heterocycles. The third-order valence-corrected chi connectivity index (χ3v) is 10.5. The van der Waals surface area contributed by atoms with Crippen molar-refractivity contribution in [1.29, 1.82) is 0 Å². The van der Waals surface area contributed by atoms with Crippen molar-refractivity contribution in [3.8, 4) is 28.7 Å². The predicted molar refractivity (Wildman–Crippen MR) is 225 cm³/mol. The van der Waals surface area contributed by atoms with E-state index in [9.17, 15) is 4.79 Å². The lowest BCUT2D eigenvalue weighted by Crippen LogP contribution is -2.32. The first-order valence-corrected chi connectivity index (χ1v) is 19.4. The van der Waals surface area contributed by atoms with Crippen LogP contribution in [0.2, 0.25) is 0 Å². The number of anilines is 1. The molecule has 11 heteroatoms. The Hall–Kier alpha value is -6.23. The van der Waals surface area contributed by atoms with E-state index < -0.39 is 0 Å². The average molecular weight is 768 g/mol. The van der Waals surface area contributed by atoms with Crippen molar-refractivity contribution in [3.63, 3.8) is 0 Å². The summed E-state index contributed by atoms with van der Waals surface area (Å²) in [5.41, 5.74) is 8.73. The molecule has 0 aliphatic carbocycles. The molecule has 4 heterocycles. The lowest BCUT2D eigenvalue weighted by Gasteiger charge is -2.22. The summed E-state index contributed by atoms with van der Waals surface area (Å²) in [6.45, 7) is 7.97. The zero-order chi connectivity index (χ0) is 39.7. The molecule has 0 unspecified atom stereocenters. The maximum atomic E-state index is 13.8. The Kier molecular flexibility index (Phi) is 10.4. The second-order valence-electron chi connectivity index (χ2n) is 15.7. The van der Waals surface area contributed by atoms with Gasteiger partial charge in [0.05, 0.1) is 63.6 Å². The molecule has 8 rings (SSSR count). The number of ether oxygens (including phenoxy) is 5. The van der Waals surface area contributed by atoms with Crippen LogP contribution < -0.4 is 29.0 Å². The van der Waals surface area contributed by atoms with Crippen molar-refractivity contribution in [2.24, 2.45) is 9.98 Å². The van der Waals surface area contributed by atoms with E-state index in [0.29, 0.717) is 60.3 Å². The van der Waals surface area contributed by atoms with Gasteiger partial charge < -0.3 is 38.8 Å². The third-order valence-electron chi connectivity index (χ3n) is 10.5. The number of nitrogens with one attached hydrogen (secondary N) is 1. The van der Waals surface area contributed by atoms with Crippen LogP contribution in [0, 0.1) is 0 Å². The van der Waals surface area contributed by atoms with E-state index in [1.54, 1.807) is 38.4 Å². The summed E-state index contributed by atoms with van der Waals surface area (Å²) in [4.78, 5) is 27.5. The molecule has 0 fully saturated rings. The van der Waals surface area contributed by atoms with E-state index in [1.165, 1.54) is 11.1 Å². The van der Waals surface area contributed by atoms with Gasteiger partial charge in [0, 0.05) is 73.1 Å². The molecule has 4 aromatic rings. The molecule has 0 bridgehead atoms. The minimum Gasteiger partial charge on any atom is -0.497 e. The molecule has 294 valence electrons. The highest BCUT2D eigenvalue weighted by molar-refractivity contribution is 6.05. The van der Waals surface area contributed by atoms with E-state index in [1.807, 2.05) is 55.0 Å². The van der Waals surface area contributed by atoms with Gasteiger partial charge in [-0.05, 0) is 85.9 Å². The monoisotopic (exact) mass is 767 g/mol. The Labute approximate surface area is 334 Å². The Morgan fingerprint density at radius 2 is 1.30 bits per heavy atom. The highest BCUT2D eigenvalue weighted by Crippen LogP contribution is 2.42. The van der Waals surface area contributed by atoms with Crippen molar-refractivity contribution in [1.82, 2.24) is 9.80 Å². The molecular formula is C46H49N5O6. The number of amides is 1. The number of aliphatic imine (C=N–C) groups is 2. The van der Waals surface area contributed by atoms with Crippen molar-refractivity contribution in [2.45, 2.75) is 64.2 Å². The predicted octanol–water partition coefficient (Wildman–Crippen LogP) is 9.07. The number of carbonyl (C=O) groups excluding carboxylic acids is 1. The van der Waals surface area contributed by atoms with Gasteiger partial charge in [-0.1, -0.05) is 24.3 Å². The van der Waals surface area contributed by atoms with Crippen LogP contribution in [0.15, 0.2) is 95.2 Å². The van der Waals surface area contributed by atoms with E-state index >= 15 is 0 Å². The number of carbonyl (C=O) groups is 1. The quantitative estimate of drug-likeness (QED) is 0.142. The van der Waals surface area contributed by atoms with Crippen LogP contribution >= 0.6 is 0 Å². The summed E-state index contributed by atoms with van der Waals surface area (Å²) in [6, 6.07) is 24.0. The number of fused-ring (bicyclic) bond motifs is 4. The first-order chi connectivity index (χ1) is 27.6. The second-order valence-corrected chi connectivity index (χ2v) is 15.7. The molecule has 0 saturated carbocycles. The molecule has 0 saturated heterocycles. The highest BCUT2D eigenvalue weighted by Gasteiger charge is 2.34. The second kappa shape index (κ2) is 15.7. The number of hydrogen-bond donors (Lipinski definition) is 1. The fraction of sp³-hybridized carbons (Fsp3) is 0.326. The number of nitrogens with zero attached hydrogens (tertiary/aromatic N) is 4. The molecule has 11 nitrogen and oxygen atoms in total. The maximum absolute atomic E-state index is 13.8. The standard InChI is InChI=1S/C46H49N5O6/c1-46(2,3)49-34-12-8-29(9-13-34)31-18-35-24-47-39-22-43(41(54-5)20-33(39)27-50(35)26-31)56-16-7-17-57-44-23-40-38(21-42(44)55-6)45(52)51-28-32(19-36(51)25-48-40)30-10-14-37(53-4)15-11-30/h8-15,20-26,28,35-36,49H,7,16-19,27H2,1-6H3/t35-,36-/m0/s1. The fourth-order valence-electron chi connectivity index (χ4n) is 7.66. The summed E-state index contributed by atoms with van der Waals surface area (Å²) in [5.74, 6) is 2.93. The summed E-state index contributed by atoms with van der Waals surface area (Å²) in [5, 5.41) is 3.53. The molecule has 1 amide bonds. The van der Waals surface area contributed by atoms with Gasteiger partial charge in [0.1, 0.15) is 5.75 Å². The highest BCUT2D eigenvalue weighted by atomic mass is 16.5. The lowest BCUT2D eigenvalue weighted by atomic mass is 10.0. The fourth-order valence-corrected chi connectivity index (χ4v) is 7.66. The number of hydrogen-bond acceptors (Lipinski definition) is 10. The first kappa shape index (κ1) is 37.7. The minimum atomic E-state index is -0.183. The van der Waals surface area contributed by atoms with Gasteiger partial charge in [-0.2, -0.15) is 0 Å². The molecule has 57 heavy (non-hydrogen) atoms. The number of benzene rings is 4. The van der Waals surface area contributed by atoms with Crippen LogP contribution in [0.4, 0.5) is 17.1 Å². The first-order valence-electron chi connectivity index (χ1n) is 19.4. The third kappa shape index (κ3) is 8.05. The SMILES string of the molecule is COc1ccc(C2=CN3C(=O)c4cc(OC)c(OCCCOc5cc6c(cc5OC)CN5C=C(c7ccc(NC(C)(C)C)cc7)C[C@H]5C=N6)cc4N=C[C@@H]3C2)cc1. The average Bonchev–Trinajstić information content (AvgIpc) is 3.75. The van der Waals surface area contributed by atoms with Crippen LogP contribution in [0.3, 0.4) is 0 Å². The van der Waals surface area contributed by atoms with Crippen LogP contribution in [0.1, 0.15) is 67.1 Å². The van der Waals surface area contributed by atoms with E-state index in [-0.39, 0.29) is 23.5 Å². The zero-order valence-corrected chi connectivity index (χ0v) is 33.4. The van der Waals surface area contributed by atoms with Gasteiger partial charge in [-0.25, -0.2) is 0 Å². The van der Waals surface area contributed by atoms with Crippen molar-refractivity contribution < 1.29 is 28.5 Å². The molecule has 0 spiro atoms. The van der Waals surface area contributed by atoms with Crippen molar-refractivity contribution in [3.05, 3.63) is 107 Å². The van der Waals surface area contributed by atoms with E-state index in [0.717, 1.165) is 46.8 Å². The summed E-state index contributed by atoms with van der Waals surface area (Å²) >= 11 is 0. The topological polar surface area (TPSA) is 106 Å². The van der Waals surface area contributed by atoms with Gasteiger partial charge in [-0.15, -0.1) is 0 Å². The summed E-state index contributed by atoms with van der Waals surface area (Å²) in [7, 11) is 4.87. The smallest absolute Gasteiger partial charge is 0.260 e. The van der Waals surface area contributed by atoms with Crippen molar-refractivity contribution in [2.75, 3.05) is 39.9 Å². The molecular weight excluding hydrogens is 719 g/mol. The number of rotatable bonds is 12. The van der Waals surface area contributed by atoms with Gasteiger partial charge in [0.15, 0.2) is 23.0 Å². The maximum Gasteiger partial charge on any atom is 0.260 e. The lowest BCUT2D eigenvalue weighted by molar-refractivity contribution is 0.0817. The van der Waals surface area contributed by atoms with Crippen molar-refractivity contribution >= 4 is 46.5 Å². The van der Waals surface area contributed by atoms with Gasteiger partial charge >= 0.3 is 0 Å². The van der Waals surface area contributed by atoms with Gasteiger partial charge in [-0.3, -0.25) is 14.8 Å². The summed E-state index contributed by atoms with van der Waals surface area (Å²) in [6.07, 6.45) is 10.2. The van der Waals surface area contributed by atoms with Crippen LogP contribution in [-0.2, 0) is 6.54 Å². The molecule has 0 aromatic heterocycles. The van der Waals surface area contributed by atoms with E-state index in [4.69, 9.17) is 33.7 Å². The largest absolute Gasteiger partial charge is 0.497 e. The van der Waals surface area contributed by atoms with Gasteiger partial charge in [0.2, 0.25) is 0 Å². The Morgan fingerprint density at radius 1 is 0.702 bits per heavy atom. The van der Waals surface area contributed by atoms with Gasteiger partial charge in [0.25, 0.3) is 5.91 Å². The molecule has 0 radical (unpaired) electrons. The van der Waals surface area contributed by atoms with Crippen LogP contribution in [-0.4, -0.2) is 80.3 Å².